The predicted octanol–water partition coefficient (Wildman–Crippen LogP) is -0.766. The first kappa shape index (κ1) is 12.2. The van der Waals surface area contributed by atoms with Crippen LogP contribution in [-0.2, 0) is 4.74 Å². The summed E-state index contributed by atoms with van der Waals surface area (Å²) in [6.45, 7) is 6.73. The molecule has 0 saturated heterocycles. The van der Waals surface area contributed by atoms with Gasteiger partial charge in [-0.3, -0.25) is 4.99 Å². The zero-order valence-electron chi connectivity index (χ0n) is 8.10. The van der Waals surface area contributed by atoms with E-state index in [-0.39, 0.29) is 18.9 Å². The summed E-state index contributed by atoms with van der Waals surface area (Å²) < 4.78 is 5.27. The Kier molecular flexibility index (Phi) is 5.16. The van der Waals surface area contributed by atoms with Crippen LogP contribution in [0.2, 0.25) is 0 Å². The minimum Gasteiger partial charge on any atom is -0.507 e. The third kappa shape index (κ3) is 2.93. The summed E-state index contributed by atoms with van der Waals surface area (Å²) in [5, 5.41) is 0.646. The number of halogens is 1. The maximum atomic E-state index is 5.71. The molecule has 0 aromatic rings. The van der Waals surface area contributed by atoms with Gasteiger partial charge in [-0.1, -0.05) is 13.8 Å². The van der Waals surface area contributed by atoms with Crippen LogP contribution in [0.5, 0.6) is 0 Å². The molecule has 1 atom stereocenters. The van der Waals surface area contributed by atoms with Gasteiger partial charge in [0.05, 0.1) is 11.9 Å². The van der Waals surface area contributed by atoms with E-state index in [9.17, 15) is 0 Å². The third-order valence-electron chi connectivity index (χ3n) is 1.74. The molecule has 0 spiro atoms. The molecule has 0 unspecified atom stereocenters. The van der Waals surface area contributed by atoms with E-state index in [4.69, 9.17) is 16.3 Å². The van der Waals surface area contributed by atoms with E-state index >= 15 is 0 Å². The fourth-order valence-electron chi connectivity index (χ4n) is 0.919. The van der Waals surface area contributed by atoms with Crippen LogP contribution < -0.4 is 18.9 Å². The first-order chi connectivity index (χ1) is 5.11. The minimum absolute atomic E-state index is 0. The number of hydrogen-bond donors (Lipinski definition) is 0. The van der Waals surface area contributed by atoms with E-state index in [2.05, 4.69) is 18.8 Å². The second kappa shape index (κ2) is 5.06. The molecule has 0 aliphatic carbocycles. The van der Waals surface area contributed by atoms with Crippen molar-refractivity contribution in [3.8, 4) is 0 Å². The van der Waals surface area contributed by atoms with Gasteiger partial charge in [0.25, 0.3) is 0 Å². The van der Waals surface area contributed by atoms with Crippen molar-refractivity contribution in [3.63, 3.8) is 0 Å². The fraction of sp³-hybridized carbons (Fsp3) is 0.750. The van der Waals surface area contributed by atoms with Crippen LogP contribution in [0.15, 0.2) is 4.99 Å². The van der Waals surface area contributed by atoms with Gasteiger partial charge in [-0.05, 0) is 5.92 Å². The molecule has 0 saturated carbocycles. The number of aliphatic imine (C=N–C) groups is 1. The van der Waals surface area contributed by atoms with Crippen molar-refractivity contribution < 1.29 is 23.6 Å². The van der Waals surface area contributed by atoms with Crippen LogP contribution in [-0.4, -0.2) is 18.5 Å². The van der Waals surface area contributed by atoms with Gasteiger partial charge >= 0.3 is 18.9 Å². The largest absolute Gasteiger partial charge is 1.00 e. The standard InChI is InChI=1S/C8H13ClNO.Li/c1-5(2)7-4-11-8(10-7)6(3)9;/h5,7H,4H2,1-3H3;/q-1;+1/t7-;/m1./s1. The van der Waals surface area contributed by atoms with Gasteiger partial charge in [0.1, 0.15) is 6.61 Å². The molecule has 0 aromatic carbocycles. The molecule has 0 fully saturated rings. The third-order valence-corrected chi connectivity index (χ3v) is 1.90. The first-order valence-electron chi connectivity index (χ1n) is 3.81. The second-order valence-electron chi connectivity index (χ2n) is 3.09. The molecule has 0 aromatic heterocycles. The fourth-order valence-corrected chi connectivity index (χ4v) is 1.02. The Labute approximate surface area is 90.9 Å². The summed E-state index contributed by atoms with van der Waals surface area (Å²) >= 11 is 5.71. The van der Waals surface area contributed by atoms with Crippen molar-refractivity contribution in [1.82, 2.24) is 0 Å². The Bertz CT molecular complexity index is 170. The molecule has 4 heteroatoms. The smallest absolute Gasteiger partial charge is 0.507 e. The molecule has 0 N–H and O–H groups in total. The van der Waals surface area contributed by atoms with Gasteiger partial charge in [-0.15, -0.1) is 0 Å². The maximum absolute atomic E-state index is 5.71. The van der Waals surface area contributed by atoms with Crippen LogP contribution in [0.3, 0.4) is 0 Å². The van der Waals surface area contributed by atoms with Crippen LogP contribution in [0.1, 0.15) is 20.8 Å². The van der Waals surface area contributed by atoms with Crippen LogP contribution in [0.25, 0.3) is 0 Å². The monoisotopic (exact) mass is 181 g/mol. The summed E-state index contributed by atoms with van der Waals surface area (Å²) in [7, 11) is 0. The van der Waals surface area contributed by atoms with E-state index in [0.717, 1.165) is 0 Å². The van der Waals surface area contributed by atoms with E-state index in [0.29, 0.717) is 29.8 Å². The van der Waals surface area contributed by atoms with Gasteiger partial charge in [0.15, 0.2) is 0 Å². The van der Waals surface area contributed by atoms with Gasteiger partial charge in [-0.2, -0.15) is 6.92 Å². The Morgan fingerprint density at radius 1 is 1.67 bits per heavy atom. The molecular formula is C8H13ClLiNO. The Hall–Kier alpha value is 0.227. The molecular weight excluding hydrogens is 168 g/mol. The summed E-state index contributed by atoms with van der Waals surface area (Å²) in [5.74, 6) is 1.15. The minimum atomic E-state index is 0. The molecule has 12 heavy (non-hydrogen) atoms. The second-order valence-corrected chi connectivity index (χ2v) is 3.66. The van der Waals surface area contributed by atoms with Crippen LogP contribution >= 0.6 is 11.6 Å². The Balaban J connectivity index is 0.00000121. The zero-order chi connectivity index (χ0) is 8.43. The van der Waals surface area contributed by atoms with Gasteiger partial charge in [-0.25, -0.2) is 5.38 Å². The molecule has 2 nitrogen and oxygen atoms in total. The SMILES string of the molecule is C[C-](Cl)C1=N[C@@H](C(C)C)CO1.[Li+]. The molecule has 0 bridgehead atoms. The Morgan fingerprint density at radius 3 is 2.50 bits per heavy atom. The molecule has 1 aliphatic heterocycles. The number of rotatable bonds is 2. The van der Waals surface area contributed by atoms with Crippen LogP contribution in [0.4, 0.5) is 0 Å². The summed E-state index contributed by atoms with van der Waals surface area (Å²) in [6, 6.07) is 0.290. The van der Waals surface area contributed by atoms with E-state index in [1.807, 2.05) is 0 Å². The molecule has 1 aliphatic rings. The number of hydrogen-bond acceptors (Lipinski definition) is 2. The predicted molar refractivity (Wildman–Crippen MR) is 46.8 cm³/mol. The van der Waals surface area contributed by atoms with Crippen molar-refractivity contribution >= 4 is 17.5 Å². The molecule has 1 rings (SSSR count). The Morgan fingerprint density at radius 2 is 2.25 bits per heavy atom. The summed E-state index contributed by atoms with van der Waals surface area (Å²) in [4.78, 5) is 4.31. The number of ether oxygens (including phenoxy) is 1. The first-order valence-corrected chi connectivity index (χ1v) is 4.19. The summed E-state index contributed by atoms with van der Waals surface area (Å²) in [6.07, 6.45) is 0. The van der Waals surface area contributed by atoms with Gasteiger partial charge in [0, 0.05) is 0 Å². The summed E-state index contributed by atoms with van der Waals surface area (Å²) in [5.41, 5.74) is 0. The van der Waals surface area contributed by atoms with Crippen LogP contribution in [0, 0.1) is 11.3 Å². The topological polar surface area (TPSA) is 21.6 Å². The van der Waals surface area contributed by atoms with Crippen molar-refractivity contribution in [2.24, 2.45) is 10.9 Å². The van der Waals surface area contributed by atoms with E-state index in [1.54, 1.807) is 6.92 Å². The zero-order valence-corrected chi connectivity index (χ0v) is 8.85. The van der Waals surface area contributed by atoms with Crippen molar-refractivity contribution in [1.29, 1.82) is 0 Å². The van der Waals surface area contributed by atoms with E-state index in [1.165, 1.54) is 0 Å². The van der Waals surface area contributed by atoms with Crippen molar-refractivity contribution in [2.75, 3.05) is 6.61 Å². The molecule has 0 amide bonds. The maximum Gasteiger partial charge on any atom is 1.00 e. The van der Waals surface area contributed by atoms with Crippen molar-refractivity contribution in [2.45, 2.75) is 26.8 Å². The molecule has 0 radical (unpaired) electrons. The molecule has 64 valence electrons. The van der Waals surface area contributed by atoms with Gasteiger partial charge < -0.3 is 16.3 Å². The average molecular weight is 182 g/mol. The average Bonchev–Trinajstić information content (AvgIpc) is 2.33. The quantitative estimate of drug-likeness (QED) is 0.405. The van der Waals surface area contributed by atoms with Gasteiger partial charge in [0.2, 0.25) is 0 Å². The molecule has 1 heterocycles. The van der Waals surface area contributed by atoms with Crippen molar-refractivity contribution in [3.05, 3.63) is 5.38 Å². The van der Waals surface area contributed by atoms with E-state index < -0.39 is 0 Å². The number of nitrogens with zero attached hydrogens (tertiary/aromatic N) is 1. The normalized spacial score (nSPS) is 21.4.